The molecule has 0 radical (unpaired) electrons. The SMILES string of the molecule is CCCc1nc(C(=O)NCc2cccc3ccncc23)c(N)nc1-n1nccn1. The topological polar surface area (TPSA) is 124 Å². The predicted molar refractivity (Wildman–Crippen MR) is 108 cm³/mol. The molecule has 0 fully saturated rings. The van der Waals surface area contributed by atoms with E-state index < -0.39 is 0 Å². The molecule has 0 saturated heterocycles. The molecular formula is C20H20N8O. The second kappa shape index (κ2) is 8.01. The maximum atomic E-state index is 12.8. The molecule has 9 heteroatoms. The van der Waals surface area contributed by atoms with Gasteiger partial charge in [0.2, 0.25) is 0 Å². The van der Waals surface area contributed by atoms with Crippen LogP contribution >= 0.6 is 0 Å². The van der Waals surface area contributed by atoms with Gasteiger partial charge < -0.3 is 11.1 Å². The zero-order chi connectivity index (χ0) is 20.2. The van der Waals surface area contributed by atoms with E-state index in [2.05, 4.69) is 30.5 Å². The summed E-state index contributed by atoms with van der Waals surface area (Å²) >= 11 is 0. The number of hydrogen-bond acceptors (Lipinski definition) is 7. The van der Waals surface area contributed by atoms with Gasteiger partial charge in [-0.25, -0.2) is 9.97 Å². The second-order valence-corrected chi connectivity index (χ2v) is 6.49. The van der Waals surface area contributed by atoms with Crippen LogP contribution in [0, 0.1) is 0 Å². The molecule has 0 spiro atoms. The number of nitrogens with zero attached hydrogens (tertiary/aromatic N) is 6. The fourth-order valence-corrected chi connectivity index (χ4v) is 3.12. The normalized spacial score (nSPS) is 10.9. The average Bonchev–Trinajstić information content (AvgIpc) is 3.28. The summed E-state index contributed by atoms with van der Waals surface area (Å²) in [4.78, 5) is 27.1. The highest BCUT2D eigenvalue weighted by Crippen LogP contribution is 2.18. The minimum atomic E-state index is -0.381. The number of nitrogens with two attached hydrogens (primary N) is 1. The van der Waals surface area contributed by atoms with Crippen molar-refractivity contribution < 1.29 is 4.79 Å². The fourth-order valence-electron chi connectivity index (χ4n) is 3.12. The number of nitrogen functional groups attached to an aromatic ring is 1. The van der Waals surface area contributed by atoms with Gasteiger partial charge in [0.05, 0.1) is 18.1 Å². The molecule has 0 aliphatic rings. The summed E-state index contributed by atoms with van der Waals surface area (Å²) in [6, 6.07) is 7.84. The molecule has 3 heterocycles. The Kier molecular flexibility index (Phi) is 5.10. The molecule has 0 aliphatic heterocycles. The molecule has 3 aromatic heterocycles. The average molecular weight is 388 g/mol. The molecular weight excluding hydrogens is 368 g/mol. The van der Waals surface area contributed by atoms with Crippen LogP contribution in [0.4, 0.5) is 5.82 Å². The van der Waals surface area contributed by atoms with E-state index in [1.54, 1.807) is 24.8 Å². The monoisotopic (exact) mass is 388 g/mol. The molecule has 0 aliphatic carbocycles. The number of aryl methyl sites for hydroxylation is 1. The number of fused-ring (bicyclic) bond motifs is 1. The van der Waals surface area contributed by atoms with Crippen molar-refractivity contribution in [2.75, 3.05) is 5.73 Å². The molecule has 4 aromatic rings. The first-order valence-electron chi connectivity index (χ1n) is 9.30. The van der Waals surface area contributed by atoms with Crippen LogP contribution in [0.25, 0.3) is 16.6 Å². The first-order valence-corrected chi connectivity index (χ1v) is 9.30. The van der Waals surface area contributed by atoms with E-state index in [1.165, 1.54) is 4.80 Å². The van der Waals surface area contributed by atoms with Crippen molar-refractivity contribution in [2.45, 2.75) is 26.3 Å². The predicted octanol–water partition coefficient (Wildman–Crippen LogP) is 2.07. The van der Waals surface area contributed by atoms with Crippen molar-refractivity contribution in [3.05, 3.63) is 66.0 Å². The number of hydrogen-bond donors (Lipinski definition) is 2. The highest BCUT2D eigenvalue weighted by atomic mass is 16.1. The molecule has 3 N–H and O–H groups in total. The van der Waals surface area contributed by atoms with Crippen LogP contribution in [-0.4, -0.2) is 35.9 Å². The highest BCUT2D eigenvalue weighted by molar-refractivity contribution is 5.96. The number of amides is 1. The summed E-state index contributed by atoms with van der Waals surface area (Å²) in [7, 11) is 0. The van der Waals surface area contributed by atoms with E-state index in [1.807, 2.05) is 31.2 Å². The molecule has 0 saturated carbocycles. The quantitative estimate of drug-likeness (QED) is 0.518. The molecule has 4 rings (SSSR count). The van der Waals surface area contributed by atoms with Crippen molar-refractivity contribution in [1.29, 1.82) is 0 Å². The number of nitrogens with one attached hydrogen (secondary N) is 1. The van der Waals surface area contributed by atoms with Crippen LogP contribution in [0.15, 0.2) is 49.1 Å². The van der Waals surface area contributed by atoms with E-state index in [0.29, 0.717) is 24.5 Å². The molecule has 9 nitrogen and oxygen atoms in total. The molecule has 1 aromatic carbocycles. The smallest absolute Gasteiger partial charge is 0.274 e. The summed E-state index contributed by atoms with van der Waals surface area (Å²) < 4.78 is 0. The van der Waals surface area contributed by atoms with Crippen molar-refractivity contribution in [2.24, 2.45) is 0 Å². The van der Waals surface area contributed by atoms with Gasteiger partial charge in [-0.2, -0.15) is 10.2 Å². The van der Waals surface area contributed by atoms with Crippen molar-refractivity contribution >= 4 is 22.5 Å². The lowest BCUT2D eigenvalue weighted by Crippen LogP contribution is -2.27. The van der Waals surface area contributed by atoms with Crippen LogP contribution in [0.3, 0.4) is 0 Å². The molecule has 0 atom stereocenters. The number of carbonyl (C=O) groups is 1. The number of pyridine rings is 1. The van der Waals surface area contributed by atoms with E-state index in [9.17, 15) is 4.79 Å². The largest absolute Gasteiger partial charge is 0.382 e. The molecule has 146 valence electrons. The van der Waals surface area contributed by atoms with Crippen molar-refractivity contribution in [3.8, 4) is 5.82 Å². The molecule has 1 amide bonds. The number of carbonyl (C=O) groups excluding carboxylic acids is 1. The van der Waals surface area contributed by atoms with Gasteiger partial charge in [0.25, 0.3) is 5.91 Å². The van der Waals surface area contributed by atoms with Gasteiger partial charge >= 0.3 is 0 Å². The number of benzene rings is 1. The van der Waals surface area contributed by atoms with Gasteiger partial charge in [-0.1, -0.05) is 31.5 Å². The summed E-state index contributed by atoms with van der Waals surface area (Å²) in [6.07, 6.45) is 8.08. The van der Waals surface area contributed by atoms with Crippen molar-refractivity contribution in [3.63, 3.8) is 0 Å². The zero-order valence-corrected chi connectivity index (χ0v) is 15.9. The Hall–Kier alpha value is -3.88. The number of rotatable bonds is 6. The minimum absolute atomic E-state index is 0.0363. The van der Waals surface area contributed by atoms with E-state index in [0.717, 1.165) is 22.8 Å². The Bertz CT molecular complexity index is 1150. The lowest BCUT2D eigenvalue weighted by atomic mass is 10.1. The standard InChI is InChI=1S/C20H20N8O/c1-2-4-16-19(28-24-9-10-25-28)27-18(21)17(26-16)20(29)23-11-14-6-3-5-13-7-8-22-12-15(13)14/h3,5-10,12H,2,4,11H2,1H3,(H2,21,27)(H,23,29). The van der Waals surface area contributed by atoms with Crippen LogP contribution in [-0.2, 0) is 13.0 Å². The van der Waals surface area contributed by atoms with Crippen LogP contribution in [0.2, 0.25) is 0 Å². The fraction of sp³-hybridized carbons (Fsp3) is 0.200. The number of anilines is 1. The third-order valence-corrected chi connectivity index (χ3v) is 4.50. The molecule has 0 bridgehead atoms. The van der Waals surface area contributed by atoms with E-state index >= 15 is 0 Å². The van der Waals surface area contributed by atoms with Gasteiger partial charge in [-0.05, 0) is 23.4 Å². The van der Waals surface area contributed by atoms with E-state index in [-0.39, 0.29) is 17.4 Å². The van der Waals surface area contributed by atoms with Gasteiger partial charge in [0, 0.05) is 24.3 Å². The van der Waals surface area contributed by atoms with E-state index in [4.69, 9.17) is 5.73 Å². The molecule has 29 heavy (non-hydrogen) atoms. The lowest BCUT2D eigenvalue weighted by Gasteiger charge is -2.12. The first kappa shape index (κ1) is 18.5. The maximum absolute atomic E-state index is 12.8. The Morgan fingerprint density at radius 2 is 1.97 bits per heavy atom. The van der Waals surface area contributed by atoms with Crippen LogP contribution in [0.5, 0.6) is 0 Å². The zero-order valence-electron chi connectivity index (χ0n) is 15.9. The Morgan fingerprint density at radius 3 is 2.76 bits per heavy atom. The van der Waals surface area contributed by atoms with Gasteiger partial charge in [-0.15, -0.1) is 4.80 Å². The molecule has 0 unspecified atom stereocenters. The third-order valence-electron chi connectivity index (χ3n) is 4.50. The lowest BCUT2D eigenvalue weighted by molar-refractivity contribution is 0.0946. The van der Waals surface area contributed by atoms with Gasteiger partial charge in [0.1, 0.15) is 0 Å². The van der Waals surface area contributed by atoms with Crippen molar-refractivity contribution in [1.82, 2.24) is 35.3 Å². The highest BCUT2D eigenvalue weighted by Gasteiger charge is 2.19. The Morgan fingerprint density at radius 1 is 1.14 bits per heavy atom. The van der Waals surface area contributed by atoms with Crippen LogP contribution < -0.4 is 11.1 Å². The van der Waals surface area contributed by atoms with Gasteiger partial charge in [0.15, 0.2) is 17.3 Å². The Labute approximate surface area is 167 Å². The summed E-state index contributed by atoms with van der Waals surface area (Å²) in [5.41, 5.74) is 7.72. The Balaban J connectivity index is 1.60. The first-order chi connectivity index (χ1) is 14.2. The summed E-state index contributed by atoms with van der Waals surface area (Å²) in [5.74, 6) is 0.0912. The summed E-state index contributed by atoms with van der Waals surface area (Å²) in [6.45, 7) is 2.35. The van der Waals surface area contributed by atoms with Gasteiger partial charge in [-0.3, -0.25) is 9.78 Å². The summed E-state index contributed by atoms with van der Waals surface area (Å²) in [5, 5.41) is 13.1. The third kappa shape index (κ3) is 3.75. The second-order valence-electron chi connectivity index (χ2n) is 6.49. The minimum Gasteiger partial charge on any atom is -0.382 e. The maximum Gasteiger partial charge on any atom is 0.274 e. The number of aromatic nitrogens is 6. The van der Waals surface area contributed by atoms with Crippen LogP contribution in [0.1, 0.15) is 35.1 Å².